The van der Waals surface area contributed by atoms with Gasteiger partial charge in [-0.1, -0.05) is 23.2 Å². The third-order valence-electron chi connectivity index (χ3n) is 2.56. The van der Waals surface area contributed by atoms with Crippen LogP contribution in [0.1, 0.15) is 17.5 Å². The van der Waals surface area contributed by atoms with E-state index in [1.54, 1.807) is 18.2 Å². The smallest absolute Gasteiger partial charge is 0.374 e. The van der Waals surface area contributed by atoms with Crippen molar-refractivity contribution in [2.45, 2.75) is 13.0 Å². The van der Waals surface area contributed by atoms with Gasteiger partial charge in [-0.15, -0.1) is 0 Å². The highest BCUT2D eigenvalue weighted by Crippen LogP contribution is 2.25. The summed E-state index contributed by atoms with van der Waals surface area (Å²) in [6.45, 7) is 1.44. The highest BCUT2D eigenvalue weighted by molar-refractivity contribution is 6.35. The van der Waals surface area contributed by atoms with Crippen LogP contribution in [0.3, 0.4) is 0 Å². The minimum absolute atomic E-state index is 0.0236. The van der Waals surface area contributed by atoms with Gasteiger partial charge in [0.2, 0.25) is 5.76 Å². The van der Waals surface area contributed by atoms with Gasteiger partial charge in [-0.2, -0.15) is 0 Å². The van der Waals surface area contributed by atoms with Crippen molar-refractivity contribution >= 4 is 40.8 Å². The lowest BCUT2D eigenvalue weighted by Crippen LogP contribution is -2.30. The van der Waals surface area contributed by atoms with Gasteiger partial charge in [-0.3, -0.25) is 4.79 Å². The van der Waals surface area contributed by atoms with Gasteiger partial charge in [-0.25, -0.2) is 4.79 Å². The van der Waals surface area contributed by atoms with Crippen molar-refractivity contribution in [2.24, 2.45) is 0 Å². The molecule has 0 aliphatic rings. The summed E-state index contributed by atoms with van der Waals surface area (Å²) in [6.07, 6.45) is 0.324. The summed E-state index contributed by atoms with van der Waals surface area (Å²) >= 11 is 11.8. The molecule has 1 aromatic carbocycles. The molecule has 0 aliphatic heterocycles. The largest absolute Gasteiger partial charge is 0.457 e. The van der Waals surface area contributed by atoms with Gasteiger partial charge in [0.15, 0.2) is 6.10 Å². The summed E-state index contributed by atoms with van der Waals surface area (Å²) < 4.78 is 9.86. The predicted octanol–water partition coefficient (Wildman–Crippen LogP) is 3.77. The SMILES string of the molecule is C[C@@H](OC(=O)c1ccco1)C(=O)Nc1cc(Cl)ccc1Cl. The van der Waals surface area contributed by atoms with E-state index < -0.39 is 18.0 Å². The summed E-state index contributed by atoms with van der Waals surface area (Å²) in [5.74, 6) is -1.23. The summed E-state index contributed by atoms with van der Waals surface area (Å²) in [6, 6.07) is 7.65. The maximum absolute atomic E-state index is 12.0. The summed E-state index contributed by atoms with van der Waals surface area (Å²) in [5.41, 5.74) is 0.343. The van der Waals surface area contributed by atoms with Crippen molar-refractivity contribution in [1.29, 1.82) is 0 Å². The standard InChI is InChI=1S/C14H11Cl2NO4/c1-8(21-14(19)12-3-2-6-20-12)13(18)17-11-7-9(15)4-5-10(11)16/h2-8H,1H3,(H,17,18)/t8-/m1/s1. The van der Waals surface area contributed by atoms with Gasteiger partial charge in [0.1, 0.15) is 0 Å². The molecule has 0 unspecified atom stereocenters. The van der Waals surface area contributed by atoms with Crippen LogP contribution >= 0.6 is 23.2 Å². The molecule has 0 aliphatic carbocycles. The number of esters is 1. The quantitative estimate of drug-likeness (QED) is 0.868. The topological polar surface area (TPSA) is 68.5 Å². The molecule has 5 nitrogen and oxygen atoms in total. The fraction of sp³-hybridized carbons (Fsp3) is 0.143. The first-order chi connectivity index (χ1) is 9.97. The first kappa shape index (κ1) is 15.4. The Bertz CT molecular complexity index is 655. The number of rotatable bonds is 4. The van der Waals surface area contributed by atoms with E-state index in [4.69, 9.17) is 32.4 Å². The van der Waals surface area contributed by atoms with E-state index in [0.717, 1.165) is 0 Å². The van der Waals surface area contributed by atoms with E-state index in [1.165, 1.54) is 25.3 Å². The van der Waals surface area contributed by atoms with Crippen LogP contribution in [0.25, 0.3) is 0 Å². The van der Waals surface area contributed by atoms with Crippen LogP contribution in [-0.2, 0) is 9.53 Å². The number of carbonyl (C=O) groups is 2. The summed E-state index contributed by atoms with van der Waals surface area (Å²) in [4.78, 5) is 23.6. The van der Waals surface area contributed by atoms with Gasteiger partial charge in [-0.05, 0) is 37.3 Å². The van der Waals surface area contributed by atoms with Crippen LogP contribution in [0.15, 0.2) is 41.0 Å². The second kappa shape index (κ2) is 6.65. The zero-order valence-electron chi connectivity index (χ0n) is 10.9. The number of hydrogen-bond acceptors (Lipinski definition) is 4. The van der Waals surface area contributed by atoms with E-state index in [-0.39, 0.29) is 5.76 Å². The molecule has 1 aromatic heterocycles. The molecule has 0 fully saturated rings. The molecule has 0 spiro atoms. The highest BCUT2D eigenvalue weighted by atomic mass is 35.5. The molecule has 1 N–H and O–H groups in total. The van der Waals surface area contributed by atoms with Crippen LogP contribution in [-0.4, -0.2) is 18.0 Å². The first-order valence-corrected chi connectivity index (χ1v) is 6.73. The zero-order valence-corrected chi connectivity index (χ0v) is 12.4. The molecule has 1 amide bonds. The average Bonchev–Trinajstić information content (AvgIpc) is 2.97. The zero-order chi connectivity index (χ0) is 15.4. The Morgan fingerprint density at radius 3 is 2.71 bits per heavy atom. The molecule has 2 rings (SSSR count). The fourth-order valence-corrected chi connectivity index (χ4v) is 1.83. The van der Waals surface area contributed by atoms with Crippen molar-refractivity contribution < 1.29 is 18.7 Å². The fourth-order valence-electron chi connectivity index (χ4n) is 1.49. The van der Waals surface area contributed by atoms with Gasteiger partial charge >= 0.3 is 5.97 Å². The van der Waals surface area contributed by atoms with Crippen LogP contribution < -0.4 is 5.32 Å². The Balaban J connectivity index is 1.99. The summed E-state index contributed by atoms with van der Waals surface area (Å²) in [7, 11) is 0. The molecule has 0 bridgehead atoms. The van der Waals surface area contributed by atoms with Gasteiger partial charge in [0.05, 0.1) is 17.0 Å². The maximum Gasteiger partial charge on any atom is 0.374 e. The summed E-state index contributed by atoms with van der Waals surface area (Å²) in [5, 5.41) is 3.29. The Labute approximate surface area is 130 Å². The number of anilines is 1. The number of benzene rings is 1. The minimum atomic E-state index is -1.02. The van der Waals surface area contributed by atoms with Gasteiger partial charge < -0.3 is 14.5 Å². The average molecular weight is 328 g/mol. The third-order valence-corrected chi connectivity index (χ3v) is 3.13. The molecule has 7 heteroatoms. The number of furan rings is 1. The molecule has 21 heavy (non-hydrogen) atoms. The second-order valence-corrected chi connectivity index (χ2v) is 4.98. The van der Waals surface area contributed by atoms with E-state index in [0.29, 0.717) is 15.7 Å². The van der Waals surface area contributed by atoms with Crippen LogP contribution in [0.5, 0.6) is 0 Å². The van der Waals surface area contributed by atoms with E-state index in [2.05, 4.69) is 5.32 Å². The lowest BCUT2D eigenvalue weighted by atomic mass is 10.3. The third kappa shape index (κ3) is 4.00. The molecule has 2 aromatic rings. The predicted molar refractivity (Wildman–Crippen MR) is 78.7 cm³/mol. The van der Waals surface area contributed by atoms with Gasteiger partial charge in [0.25, 0.3) is 5.91 Å². The molecular formula is C14H11Cl2NO4. The highest BCUT2D eigenvalue weighted by Gasteiger charge is 2.21. The van der Waals surface area contributed by atoms with Crippen molar-refractivity contribution in [3.05, 3.63) is 52.4 Å². The van der Waals surface area contributed by atoms with Crippen LogP contribution in [0.2, 0.25) is 10.0 Å². The van der Waals surface area contributed by atoms with Crippen molar-refractivity contribution in [3.8, 4) is 0 Å². The number of carbonyl (C=O) groups excluding carboxylic acids is 2. The lowest BCUT2D eigenvalue weighted by Gasteiger charge is -2.13. The monoisotopic (exact) mass is 327 g/mol. The molecule has 1 heterocycles. The molecule has 0 saturated carbocycles. The van der Waals surface area contributed by atoms with Crippen LogP contribution in [0, 0.1) is 0 Å². The minimum Gasteiger partial charge on any atom is -0.457 e. The number of halogens is 2. The maximum atomic E-state index is 12.0. The Hall–Kier alpha value is -1.98. The molecule has 110 valence electrons. The molecule has 0 saturated heterocycles. The van der Waals surface area contributed by atoms with E-state index >= 15 is 0 Å². The van der Waals surface area contributed by atoms with Crippen molar-refractivity contribution in [3.63, 3.8) is 0 Å². The molecular weight excluding hydrogens is 317 g/mol. The van der Waals surface area contributed by atoms with Crippen molar-refractivity contribution in [1.82, 2.24) is 0 Å². The number of ether oxygens (including phenoxy) is 1. The number of nitrogens with one attached hydrogen (secondary N) is 1. The Morgan fingerprint density at radius 2 is 2.05 bits per heavy atom. The Morgan fingerprint density at radius 1 is 1.29 bits per heavy atom. The molecule has 1 atom stereocenters. The first-order valence-electron chi connectivity index (χ1n) is 5.98. The normalized spacial score (nSPS) is 11.8. The second-order valence-electron chi connectivity index (χ2n) is 4.14. The lowest BCUT2D eigenvalue weighted by molar-refractivity contribution is -0.123. The van der Waals surface area contributed by atoms with Crippen molar-refractivity contribution in [2.75, 3.05) is 5.32 Å². The van der Waals surface area contributed by atoms with E-state index in [9.17, 15) is 9.59 Å². The van der Waals surface area contributed by atoms with Crippen LogP contribution in [0.4, 0.5) is 5.69 Å². The van der Waals surface area contributed by atoms with Gasteiger partial charge in [0, 0.05) is 5.02 Å². The number of hydrogen-bond donors (Lipinski definition) is 1. The molecule has 0 radical (unpaired) electrons. The van der Waals surface area contributed by atoms with E-state index in [1.807, 2.05) is 0 Å². The Kier molecular flexibility index (Phi) is 4.88. The number of amides is 1.